The van der Waals surface area contributed by atoms with Crippen LogP contribution in [0.4, 0.5) is 0 Å². The van der Waals surface area contributed by atoms with E-state index >= 15 is 0 Å². The summed E-state index contributed by atoms with van der Waals surface area (Å²) in [5.41, 5.74) is 1.76. The number of benzene rings is 1. The highest BCUT2D eigenvalue weighted by atomic mass is 16.4. The predicted octanol–water partition coefficient (Wildman–Crippen LogP) is 2.45. The van der Waals surface area contributed by atoms with Crippen LogP contribution in [0.2, 0.25) is 0 Å². The van der Waals surface area contributed by atoms with E-state index in [2.05, 4.69) is 6.92 Å². The highest BCUT2D eigenvalue weighted by molar-refractivity contribution is 5.75. The summed E-state index contributed by atoms with van der Waals surface area (Å²) in [7, 11) is 0. The average molecular weight is 177 g/mol. The summed E-state index contributed by atoms with van der Waals surface area (Å²) >= 11 is 0. The third kappa shape index (κ3) is 2.31. The molecule has 0 aromatic heterocycles. The molecule has 2 nitrogen and oxygen atoms in total. The Balaban J connectivity index is 2.92. The molecule has 0 spiro atoms. The van der Waals surface area contributed by atoms with Gasteiger partial charge in [-0.1, -0.05) is 31.2 Å². The first-order valence-electron chi connectivity index (χ1n) is 4.30. The Hall–Kier alpha value is -1.31. The molecule has 0 amide bonds. The van der Waals surface area contributed by atoms with Crippen LogP contribution in [0.15, 0.2) is 24.3 Å². The van der Waals surface area contributed by atoms with Gasteiger partial charge in [0.15, 0.2) is 0 Å². The number of aliphatic carboxylic acids is 1. The Bertz CT molecular complexity index is 287. The average Bonchev–Trinajstić information content (AvgIpc) is 2.09. The Labute approximate surface area is 78.2 Å². The minimum absolute atomic E-state index is 0.388. The molecular weight excluding hydrogens is 164 g/mol. The van der Waals surface area contributed by atoms with E-state index in [1.165, 1.54) is 0 Å². The maximum atomic E-state index is 10.8. The van der Waals surface area contributed by atoms with Crippen LogP contribution >= 0.6 is 0 Å². The van der Waals surface area contributed by atoms with Crippen LogP contribution < -0.4 is 0 Å². The second kappa shape index (κ2) is 4.08. The smallest absolute Gasteiger partial charge is 0.310 e. The predicted molar refractivity (Wildman–Crippen MR) is 51.6 cm³/mol. The number of carboxylic acid groups (broad SMARTS) is 1. The van der Waals surface area contributed by atoms with Gasteiger partial charge in [-0.3, -0.25) is 4.79 Å². The van der Waals surface area contributed by atoms with Gasteiger partial charge in [-0.15, -0.1) is 0 Å². The van der Waals surface area contributed by atoms with E-state index in [1.807, 2.05) is 31.2 Å². The largest absolute Gasteiger partial charge is 0.481 e. The maximum absolute atomic E-state index is 10.8. The lowest BCUT2D eigenvalue weighted by Gasteiger charge is -2.09. The molecule has 1 aromatic rings. The topological polar surface area (TPSA) is 37.3 Å². The van der Waals surface area contributed by atoms with Gasteiger partial charge in [0.25, 0.3) is 0 Å². The fourth-order valence-corrected chi connectivity index (χ4v) is 1.30. The molecule has 2 heteroatoms. The summed E-state index contributed by atoms with van der Waals surface area (Å²) in [5, 5.41) is 8.88. The molecule has 0 aliphatic rings. The molecule has 69 valence electrons. The summed E-state index contributed by atoms with van der Waals surface area (Å²) in [6.07, 6.45) is 0.617. The molecule has 0 fully saturated rings. The van der Waals surface area contributed by atoms with Crippen molar-refractivity contribution in [1.29, 1.82) is 0 Å². The van der Waals surface area contributed by atoms with Crippen molar-refractivity contribution in [1.82, 2.24) is 0 Å². The molecular formula is C11H13O2. The number of carbonyl (C=O) groups is 1. The number of carboxylic acids is 1. The van der Waals surface area contributed by atoms with Gasteiger partial charge in [0.05, 0.1) is 5.92 Å². The first-order valence-corrected chi connectivity index (χ1v) is 4.30. The van der Waals surface area contributed by atoms with Crippen molar-refractivity contribution in [3.8, 4) is 0 Å². The Morgan fingerprint density at radius 2 is 2.00 bits per heavy atom. The molecule has 0 bridgehead atoms. The van der Waals surface area contributed by atoms with Crippen LogP contribution in [-0.2, 0) is 4.79 Å². The third-order valence-electron chi connectivity index (χ3n) is 2.09. The van der Waals surface area contributed by atoms with E-state index in [4.69, 9.17) is 5.11 Å². The third-order valence-corrected chi connectivity index (χ3v) is 2.09. The highest BCUT2D eigenvalue weighted by Crippen LogP contribution is 2.19. The van der Waals surface area contributed by atoms with Gasteiger partial charge in [0.2, 0.25) is 0 Å². The van der Waals surface area contributed by atoms with Crippen LogP contribution in [0, 0.1) is 6.92 Å². The van der Waals surface area contributed by atoms with Gasteiger partial charge >= 0.3 is 5.97 Å². The van der Waals surface area contributed by atoms with Crippen LogP contribution in [-0.4, -0.2) is 11.1 Å². The lowest BCUT2D eigenvalue weighted by molar-refractivity contribution is -0.138. The minimum Gasteiger partial charge on any atom is -0.481 e. The summed E-state index contributed by atoms with van der Waals surface area (Å²) in [5.74, 6) is -1.15. The van der Waals surface area contributed by atoms with Crippen molar-refractivity contribution in [2.45, 2.75) is 19.3 Å². The number of hydrogen-bond donors (Lipinski definition) is 1. The van der Waals surface area contributed by atoms with E-state index in [-0.39, 0.29) is 5.92 Å². The maximum Gasteiger partial charge on any atom is 0.310 e. The van der Waals surface area contributed by atoms with Crippen molar-refractivity contribution in [2.24, 2.45) is 0 Å². The fraction of sp³-hybridized carbons (Fsp3) is 0.273. The van der Waals surface area contributed by atoms with Crippen molar-refractivity contribution >= 4 is 5.97 Å². The molecule has 1 unspecified atom stereocenters. The molecule has 1 aromatic carbocycles. The fourth-order valence-electron chi connectivity index (χ4n) is 1.30. The molecule has 1 radical (unpaired) electrons. The van der Waals surface area contributed by atoms with Crippen LogP contribution in [0.25, 0.3) is 0 Å². The molecule has 0 saturated heterocycles. The van der Waals surface area contributed by atoms with Gasteiger partial charge in [-0.25, -0.2) is 0 Å². The molecule has 0 saturated carbocycles. The van der Waals surface area contributed by atoms with E-state index < -0.39 is 5.97 Å². The van der Waals surface area contributed by atoms with Crippen molar-refractivity contribution in [3.05, 3.63) is 42.3 Å². The van der Waals surface area contributed by atoms with Crippen LogP contribution in [0.1, 0.15) is 30.4 Å². The van der Waals surface area contributed by atoms with E-state index in [0.717, 1.165) is 11.1 Å². The lowest BCUT2D eigenvalue weighted by atomic mass is 9.96. The van der Waals surface area contributed by atoms with E-state index in [0.29, 0.717) is 6.42 Å². The number of hydrogen-bond acceptors (Lipinski definition) is 1. The van der Waals surface area contributed by atoms with Gasteiger partial charge in [0, 0.05) is 0 Å². The van der Waals surface area contributed by atoms with Crippen molar-refractivity contribution in [2.75, 3.05) is 0 Å². The normalized spacial score (nSPS) is 12.5. The molecule has 0 aliphatic heterocycles. The van der Waals surface area contributed by atoms with E-state index in [1.54, 1.807) is 0 Å². The monoisotopic (exact) mass is 177 g/mol. The SMILES string of the molecule is [CH2]c1ccc(C(CC)C(=O)O)cc1. The van der Waals surface area contributed by atoms with E-state index in [9.17, 15) is 4.79 Å². The molecule has 13 heavy (non-hydrogen) atoms. The highest BCUT2D eigenvalue weighted by Gasteiger charge is 2.16. The molecule has 1 rings (SSSR count). The first kappa shape index (κ1) is 9.78. The van der Waals surface area contributed by atoms with Gasteiger partial charge in [0.1, 0.15) is 0 Å². The zero-order valence-corrected chi connectivity index (χ0v) is 7.66. The standard InChI is InChI=1S/C11H13O2/c1-3-10(11(12)13)9-6-4-8(2)5-7-9/h4-7,10H,2-3H2,1H3,(H,12,13). The summed E-state index contributed by atoms with van der Waals surface area (Å²) in [6.45, 7) is 5.62. The lowest BCUT2D eigenvalue weighted by Crippen LogP contribution is -2.10. The van der Waals surface area contributed by atoms with Crippen molar-refractivity contribution in [3.63, 3.8) is 0 Å². The summed E-state index contributed by atoms with van der Waals surface area (Å²) < 4.78 is 0. The molecule has 0 heterocycles. The van der Waals surface area contributed by atoms with Crippen LogP contribution in [0.3, 0.4) is 0 Å². The Kier molecular flexibility index (Phi) is 3.07. The van der Waals surface area contributed by atoms with Crippen molar-refractivity contribution < 1.29 is 9.90 Å². The van der Waals surface area contributed by atoms with Gasteiger partial charge in [-0.05, 0) is 24.5 Å². The molecule has 1 N–H and O–H groups in total. The minimum atomic E-state index is -0.765. The quantitative estimate of drug-likeness (QED) is 0.770. The van der Waals surface area contributed by atoms with Gasteiger partial charge in [-0.2, -0.15) is 0 Å². The second-order valence-corrected chi connectivity index (χ2v) is 3.04. The van der Waals surface area contributed by atoms with Crippen LogP contribution in [0.5, 0.6) is 0 Å². The Morgan fingerprint density at radius 1 is 1.46 bits per heavy atom. The first-order chi connectivity index (χ1) is 6.15. The molecule has 1 atom stereocenters. The summed E-state index contributed by atoms with van der Waals surface area (Å²) in [4.78, 5) is 10.8. The number of rotatable bonds is 3. The second-order valence-electron chi connectivity index (χ2n) is 3.04. The zero-order valence-electron chi connectivity index (χ0n) is 7.66. The molecule has 0 aliphatic carbocycles. The zero-order chi connectivity index (χ0) is 9.84. The van der Waals surface area contributed by atoms with Gasteiger partial charge < -0.3 is 5.11 Å². The summed E-state index contributed by atoms with van der Waals surface area (Å²) in [6, 6.07) is 7.32. The Morgan fingerprint density at radius 3 is 2.38 bits per heavy atom.